The molecule has 142 valence electrons. The lowest BCUT2D eigenvalue weighted by Crippen LogP contribution is -2.49. The quantitative estimate of drug-likeness (QED) is 0.748. The topological polar surface area (TPSA) is 32.8 Å². The molecular weight excluding hydrogens is 324 g/mol. The van der Waals surface area contributed by atoms with E-state index in [0.29, 0.717) is 18.4 Å². The molecule has 1 aliphatic heterocycles. The Bertz CT molecular complexity index is 683. The summed E-state index contributed by atoms with van der Waals surface area (Å²) in [5.74, 6) is 1.79. The van der Waals surface area contributed by atoms with Gasteiger partial charge in [-0.3, -0.25) is 4.79 Å². The Morgan fingerprint density at radius 3 is 2.46 bits per heavy atom. The fraction of sp³-hybridized carbons (Fsp3) is 0.591. The SMILES string of the molecule is CCOc1ccccc1N1CCN(C(=O)[C@@H]2[C@@H](C=C(C)C)C2(C)C)CC1. The molecule has 2 atom stereocenters. The molecule has 2 aliphatic rings. The Morgan fingerprint density at radius 1 is 1.19 bits per heavy atom. The Kier molecular flexibility index (Phi) is 5.31. The molecule has 1 saturated heterocycles. The zero-order chi connectivity index (χ0) is 18.9. The van der Waals surface area contributed by atoms with Crippen molar-refractivity contribution >= 4 is 11.6 Å². The van der Waals surface area contributed by atoms with Gasteiger partial charge in [0.2, 0.25) is 5.91 Å². The predicted molar refractivity (Wildman–Crippen MR) is 107 cm³/mol. The molecule has 1 saturated carbocycles. The Morgan fingerprint density at radius 2 is 1.85 bits per heavy atom. The molecule has 0 unspecified atom stereocenters. The van der Waals surface area contributed by atoms with Crippen molar-refractivity contribution in [2.45, 2.75) is 34.6 Å². The van der Waals surface area contributed by atoms with Gasteiger partial charge in [-0.2, -0.15) is 0 Å². The van der Waals surface area contributed by atoms with Crippen LogP contribution in [0.25, 0.3) is 0 Å². The van der Waals surface area contributed by atoms with Crippen LogP contribution in [0.5, 0.6) is 5.75 Å². The lowest BCUT2D eigenvalue weighted by atomic mass is 10.1. The highest BCUT2D eigenvalue weighted by Gasteiger charge is 2.61. The number of para-hydroxylation sites is 2. The van der Waals surface area contributed by atoms with E-state index in [4.69, 9.17) is 4.74 Å². The van der Waals surface area contributed by atoms with Crippen LogP contribution in [0.1, 0.15) is 34.6 Å². The minimum atomic E-state index is 0.0903. The van der Waals surface area contributed by atoms with Gasteiger partial charge >= 0.3 is 0 Å². The molecule has 2 fully saturated rings. The number of ether oxygens (including phenoxy) is 1. The lowest BCUT2D eigenvalue weighted by molar-refractivity contribution is -0.133. The largest absolute Gasteiger partial charge is 0.492 e. The van der Waals surface area contributed by atoms with Gasteiger partial charge in [-0.15, -0.1) is 0 Å². The first-order chi connectivity index (χ1) is 12.4. The maximum atomic E-state index is 13.0. The van der Waals surface area contributed by atoms with E-state index in [2.05, 4.69) is 49.6 Å². The van der Waals surface area contributed by atoms with E-state index in [1.807, 2.05) is 25.1 Å². The van der Waals surface area contributed by atoms with E-state index in [0.717, 1.165) is 37.6 Å². The van der Waals surface area contributed by atoms with Crippen LogP contribution in [0.3, 0.4) is 0 Å². The summed E-state index contributed by atoms with van der Waals surface area (Å²) in [4.78, 5) is 17.4. The summed E-state index contributed by atoms with van der Waals surface area (Å²) in [6, 6.07) is 8.18. The molecule has 3 rings (SSSR count). The molecule has 1 heterocycles. The fourth-order valence-corrected chi connectivity index (χ4v) is 4.18. The van der Waals surface area contributed by atoms with E-state index in [-0.39, 0.29) is 11.3 Å². The van der Waals surface area contributed by atoms with Crippen LogP contribution < -0.4 is 9.64 Å². The summed E-state index contributed by atoms with van der Waals surface area (Å²) in [6.07, 6.45) is 2.27. The molecule has 4 nitrogen and oxygen atoms in total. The maximum Gasteiger partial charge on any atom is 0.226 e. The van der Waals surface area contributed by atoms with Gasteiger partial charge in [0.1, 0.15) is 5.75 Å². The predicted octanol–water partition coefficient (Wildman–Crippen LogP) is 3.97. The van der Waals surface area contributed by atoms with Crippen LogP contribution in [0.15, 0.2) is 35.9 Å². The zero-order valence-corrected chi connectivity index (χ0v) is 16.8. The number of amides is 1. The van der Waals surface area contributed by atoms with E-state index in [9.17, 15) is 4.79 Å². The standard InChI is InChI=1S/C22H32N2O2/c1-6-26-19-10-8-7-9-18(19)23-11-13-24(14-12-23)21(25)20-17(15-16(2)3)22(20,4)5/h7-10,15,17,20H,6,11-14H2,1-5H3/t17-,20+/m1/s1. The molecular formula is C22H32N2O2. The molecule has 0 N–H and O–H groups in total. The van der Waals surface area contributed by atoms with Crippen molar-refractivity contribution in [3.63, 3.8) is 0 Å². The van der Waals surface area contributed by atoms with Crippen LogP contribution in [0.4, 0.5) is 5.69 Å². The molecule has 1 aromatic carbocycles. The van der Waals surface area contributed by atoms with Crippen molar-refractivity contribution in [3.8, 4) is 5.75 Å². The molecule has 1 amide bonds. The van der Waals surface area contributed by atoms with Crippen LogP contribution in [-0.2, 0) is 4.79 Å². The van der Waals surface area contributed by atoms with Gasteiger partial charge in [-0.1, -0.05) is 37.6 Å². The highest BCUT2D eigenvalue weighted by atomic mass is 16.5. The van der Waals surface area contributed by atoms with Crippen molar-refractivity contribution in [2.24, 2.45) is 17.3 Å². The number of hydrogen-bond acceptors (Lipinski definition) is 3. The van der Waals surface area contributed by atoms with Crippen molar-refractivity contribution < 1.29 is 9.53 Å². The first-order valence-electron chi connectivity index (χ1n) is 9.76. The number of carbonyl (C=O) groups is 1. The molecule has 0 radical (unpaired) electrons. The average Bonchev–Trinajstić information content (AvgIpc) is 3.14. The first-order valence-corrected chi connectivity index (χ1v) is 9.76. The molecule has 1 aliphatic carbocycles. The molecule has 0 spiro atoms. The number of piperazine rings is 1. The minimum Gasteiger partial charge on any atom is -0.492 e. The summed E-state index contributed by atoms with van der Waals surface area (Å²) in [6.45, 7) is 14.6. The zero-order valence-electron chi connectivity index (χ0n) is 16.8. The lowest BCUT2D eigenvalue weighted by Gasteiger charge is -2.37. The molecule has 26 heavy (non-hydrogen) atoms. The van der Waals surface area contributed by atoms with Crippen LogP contribution >= 0.6 is 0 Å². The summed E-state index contributed by atoms with van der Waals surface area (Å²) >= 11 is 0. The monoisotopic (exact) mass is 356 g/mol. The maximum absolute atomic E-state index is 13.0. The van der Waals surface area contributed by atoms with Gasteiger partial charge in [0.15, 0.2) is 0 Å². The van der Waals surface area contributed by atoms with E-state index in [1.165, 1.54) is 5.57 Å². The normalized spacial score (nSPS) is 24.2. The Hall–Kier alpha value is -1.97. The van der Waals surface area contributed by atoms with Crippen LogP contribution in [0, 0.1) is 17.3 Å². The summed E-state index contributed by atoms with van der Waals surface area (Å²) in [5, 5.41) is 0. The number of rotatable bonds is 5. The smallest absolute Gasteiger partial charge is 0.226 e. The van der Waals surface area contributed by atoms with Crippen molar-refractivity contribution in [1.29, 1.82) is 0 Å². The van der Waals surface area contributed by atoms with Gasteiger partial charge in [0.25, 0.3) is 0 Å². The van der Waals surface area contributed by atoms with Crippen LogP contribution in [-0.4, -0.2) is 43.6 Å². The fourth-order valence-electron chi connectivity index (χ4n) is 4.18. The third-order valence-electron chi connectivity index (χ3n) is 5.79. The first kappa shape index (κ1) is 18.8. The summed E-state index contributed by atoms with van der Waals surface area (Å²) < 4.78 is 5.76. The van der Waals surface area contributed by atoms with Gasteiger partial charge in [-0.05, 0) is 44.2 Å². The van der Waals surface area contributed by atoms with E-state index in [1.54, 1.807) is 0 Å². The number of nitrogens with zero attached hydrogens (tertiary/aromatic N) is 2. The molecule has 0 aromatic heterocycles. The van der Waals surface area contributed by atoms with Crippen molar-refractivity contribution in [3.05, 3.63) is 35.9 Å². The number of benzene rings is 1. The average molecular weight is 357 g/mol. The number of carbonyl (C=O) groups excluding carboxylic acids is 1. The van der Waals surface area contributed by atoms with Gasteiger partial charge in [-0.25, -0.2) is 0 Å². The van der Waals surface area contributed by atoms with Crippen molar-refractivity contribution in [1.82, 2.24) is 4.90 Å². The molecule has 4 heteroatoms. The second kappa shape index (κ2) is 7.34. The number of anilines is 1. The number of hydrogen-bond donors (Lipinski definition) is 0. The highest BCUT2D eigenvalue weighted by Crippen LogP contribution is 2.60. The summed E-state index contributed by atoms with van der Waals surface area (Å²) in [7, 11) is 0. The Labute approximate surface area is 157 Å². The van der Waals surface area contributed by atoms with Gasteiger partial charge < -0.3 is 14.5 Å². The third-order valence-corrected chi connectivity index (χ3v) is 5.79. The Balaban J connectivity index is 1.63. The van der Waals surface area contributed by atoms with Gasteiger partial charge in [0, 0.05) is 26.2 Å². The van der Waals surface area contributed by atoms with E-state index < -0.39 is 0 Å². The van der Waals surface area contributed by atoms with E-state index >= 15 is 0 Å². The number of allylic oxidation sites excluding steroid dienone is 2. The van der Waals surface area contributed by atoms with Crippen molar-refractivity contribution in [2.75, 3.05) is 37.7 Å². The molecule has 1 aromatic rings. The van der Waals surface area contributed by atoms with Gasteiger partial charge in [0.05, 0.1) is 18.2 Å². The second-order valence-corrected chi connectivity index (χ2v) is 8.28. The third kappa shape index (κ3) is 3.60. The highest BCUT2D eigenvalue weighted by molar-refractivity contribution is 5.84. The second-order valence-electron chi connectivity index (χ2n) is 8.28. The van der Waals surface area contributed by atoms with Crippen LogP contribution in [0.2, 0.25) is 0 Å². The summed E-state index contributed by atoms with van der Waals surface area (Å²) in [5.41, 5.74) is 2.53. The minimum absolute atomic E-state index is 0.0903. The molecule has 0 bridgehead atoms.